The minimum Gasteiger partial charge on any atom is -0.504 e. The third-order valence-corrected chi connectivity index (χ3v) is 7.72. The Kier molecular flexibility index (Phi) is 7.53. The number of aliphatic hydroxyl groups excluding tert-OH is 7. The summed E-state index contributed by atoms with van der Waals surface area (Å²) in [7, 11) is 0. The molecule has 18 heteroatoms. The molecule has 4 heterocycles. The van der Waals surface area contributed by atoms with Crippen LogP contribution in [-0.4, -0.2) is 126 Å². The first-order valence-corrected chi connectivity index (χ1v) is 13.1. The van der Waals surface area contributed by atoms with Crippen molar-refractivity contribution in [2.24, 2.45) is 0 Å². The second-order valence-corrected chi connectivity index (χ2v) is 10.4. The van der Waals surface area contributed by atoms with Crippen LogP contribution < -0.4 is 16.0 Å². The van der Waals surface area contributed by atoms with Gasteiger partial charge in [-0.3, -0.25) is 0 Å². The molecule has 2 aromatic heterocycles. The monoisotopic (exact) mass is 626 g/mol. The molecule has 0 saturated carbocycles. The number of phenolic OH excluding ortho intramolecular Hbond substituents is 3. The van der Waals surface area contributed by atoms with E-state index in [-0.39, 0.29) is 21.5 Å². The molecule has 2 saturated heterocycles. The Balaban J connectivity index is 1.31. The molecule has 10 atom stereocenters. The summed E-state index contributed by atoms with van der Waals surface area (Å²) in [6.45, 7) is -1.41. The van der Waals surface area contributed by atoms with E-state index >= 15 is 0 Å². The molecule has 0 bridgehead atoms. The first-order valence-electron chi connectivity index (χ1n) is 13.1. The lowest BCUT2D eigenvalue weighted by molar-refractivity contribution is -0.323. The van der Waals surface area contributed by atoms with Crippen molar-refractivity contribution in [1.29, 1.82) is 0 Å². The molecule has 18 nitrogen and oxygen atoms in total. The Morgan fingerprint density at radius 1 is 0.659 bits per heavy atom. The van der Waals surface area contributed by atoms with Gasteiger partial charge in [0.2, 0.25) is 17.8 Å². The molecule has 238 valence electrons. The van der Waals surface area contributed by atoms with Crippen LogP contribution in [0.4, 0.5) is 0 Å². The molecule has 6 rings (SSSR count). The van der Waals surface area contributed by atoms with Crippen LogP contribution in [0.3, 0.4) is 0 Å². The first-order chi connectivity index (χ1) is 20.8. The zero-order valence-electron chi connectivity index (χ0n) is 22.1. The topological polar surface area (TPSA) is 300 Å². The molecular formula is C26H26O18. The number of rotatable bonds is 6. The fourth-order valence-corrected chi connectivity index (χ4v) is 5.33. The van der Waals surface area contributed by atoms with Crippen molar-refractivity contribution in [1.82, 2.24) is 0 Å². The maximum atomic E-state index is 12.9. The molecule has 0 unspecified atom stereocenters. The Morgan fingerprint density at radius 3 is 1.80 bits per heavy atom. The Labute approximate surface area is 242 Å². The number of ether oxygens (including phenoxy) is 4. The van der Waals surface area contributed by atoms with Crippen molar-refractivity contribution in [3.8, 4) is 23.0 Å². The first kappa shape index (κ1) is 30.2. The molecule has 0 radical (unpaired) electrons. The lowest BCUT2D eigenvalue weighted by Gasteiger charge is -2.42. The molecule has 0 amide bonds. The fourth-order valence-electron chi connectivity index (χ4n) is 5.33. The van der Waals surface area contributed by atoms with Crippen molar-refractivity contribution in [2.45, 2.75) is 61.4 Å². The Bertz CT molecular complexity index is 1810. The number of aromatic hydroxyl groups is 3. The normalized spacial score (nSPS) is 33.0. The highest BCUT2D eigenvalue weighted by Crippen LogP contribution is 2.45. The van der Waals surface area contributed by atoms with Crippen LogP contribution >= 0.6 is 0 Å². The number of phenols is 3. The van der Waals surface area contributed by atoms with E-state index < -0.39 is 120 Å². The van der Waals surface area contributed by atoms with Gasteiger partial charge in [0.05, 0.1) is 24.0 Å². The second-order valence-electron chi connectivity index (χ2n) is 10.4. The van der Waals surface area contributed by atoms with E-state index in [9.17, 15) is 60.7 Å². The van der Waals surface area contributed by atoms with Crippen LogP contribution in [0.25, 0.3) is 32.7 Å². The molecule has 2 aliphatic rings. The SMILES string of the molecule is O=c1oc2c(O)c(O[C@@H]3O[C@H](CO[C@@H]4O[C@H](CO)[C@@H](O)[C@@H](O)[C@H]4O)[C@@H](O)[C@@H](O)[C@H]3O)cc3c(=O)oc4c(O)c(O)cc1c4c23. The van der Waals surface area contributed by atoms with Gasteiger partial charge < -0.3 is 78.8 Å². The summed E-state index contributed by atoms with van der Waals surface area (Å²) in [5.41, 5.74) is -3.35. The molecule has 2 aliphatic heterocycles. The summed E-state index contributed by atoms with van der Waals surface area (Å²) in [5.74, 6) is -3.10. The zero-order chi connectivity index (χ0) is 31.8. The molecule has 2 fully saturated rings. The minimum absolute atomic E-state index is 0.152. The maximum Gasteiger partial charge on any atom is 0.344 e. The van der Waals surface area contributed by atoms with Gasteiger partial charge in [-0.25, -0.2) is 9.59 Å². The van der Waals surface area contributed by atoms with Crippen LogP contribution in [0.5, 0.6) is 23.0 Å². The minimum atomic E-state index is -1.97. The van der Waals surface area contributed by atoms with E-state index in [2.05, 4.69) is 0 Å². The summed E-state index contributed by atoms with van der Waals surface area (Å²) >= 11 is 0. The van der Waals surface area contributed by atoms with Crippen molar-refractivity contribution in [3.63, 3.8) is 0 Å². The summed E-state index contributed by atoms with van der Waals surface area (Å²) in [4.78, 5) is 25.5. The van der Waals surface area contributed by atoms with E-state index in [0.29, 0.717) is 0 Å². The van der Waals surface area contributed by atoms with Gasteiger partial charge in [-0.2, -0.15) is 0 Å². The van der Waals surface area contributed by atoms with Crippen LogP contribution in [-0.2, 0) is 14.2 Å². The van der Waals surface area contributed by atoms with Crippen LogP contribution in [0.15, 0.2) is 30.6 Å². The van der Waals surface area contributed by atoms with Gasteiger partial charge in [0.1, 0.15) is 48.8 Å². The number of hydrogen-bond donors (Lipinski definition) is 10. The third-order valence-electron chi connectivity index (χ3n) is 7.72. The smallest absolute Gasteiger partial charge is 0.344 e. The van der Waals surface area contributed by atoms with E-state index in [1.54, 1.807) is 0 Å². The predicted molar refractivity (Wildman–Crippen MR) is 139 cm³/mol. The summed E-state index contributed by atoms with van der Waals surface area (Å²) < 4.78 is 32.0. The van der Waals surface area contributed by atoms with Gasteiger partial charge in [0, 0.05) is 10.8 Å². The number of aliphatic hydroxyl groups is 7. The highest BCUT2D eigenvalue weighted by atomic mass is 16.7. The average molecular weight is 626 g/mol. The predicted octanol–water partition coefficient (Wildman–Crippen LogP) is -3.39. The Morgan fingerprint density at radius 2 is 1.18 bits per heavy atom. The van der Waals surface area contributed by atoms with E-state index in [0.717, 1.165) is 12.1 Å². The molecule has 44 heavy (non-hydrogen) atoms. The van der Waals surface area contributed by atoms with Crippen molar-refractivity contribution in [3.05, 3.63) is 33.0 Å². The maximum absolute atomic E-state index is 12.9. The Hall–Kier alpha value is -3.82. The van der Waals surface area contributed by atoms with Crippen molar-refractivity contribution >= 4 is 32.7 Å². The number of benzene rings is 2. The molecule has 4 aromatic rings. The van der Waals surface area contributed by atoms with Gasteiger partial charge in [-0.15, -0.1) is 0 Å². The standard InChI is InChI=1S/C26H26O18/c27-3-9-14(30)17(33)19(35)25(41-9)39-4-10-15(31)18(34)20(36)26(42-10)40-8-2-6-12-11-5(23(37)44-22(12)16(8)32)1-7(28)13(29)21(11)43-24(6)38/h1-2,9-10,14-15,17-20,25-36H,3-4H2/t9-,10-,14-,15-,17-,18-,19-,20-,25-,26-/m1/s1. The van der Waals surface area contributed by atoms with Crippen LogP contribution in [0.1, 0.15) is 0 Å². The van der Waals surface area contributed by atoms with Crippen molar-refractivity contribution in [2.75, 3.05) is 13.2 Å². The molecule has 0 aliphatic carbocycles. The third kappa shape index (κ3) is 4.59. The molecule has 0 spiro atoms. The van der Waals surface area contributed by atoms with Gasteiger partial charge in [0.25, 0.3) is 0 Å². The van der Waals surface area contributed by atoms with Crippen molar-refractivity contribution < 1.29 is 78.8 Å². The largest absolute Gasteiger partial charge is 0.504 e. The highest BCUT2D eigenvalue weighted by Gasteiger charge is 2.48. The van der Waals surface area contributed by atoms with Gasteiger partial charge in [-0.1, -0.05) is 0 Å². The lowest BCUT2D eigenvalue weighted by atomic mass is 9.98. The fraction of sp³-hybridized carbons (Fsp3) is 0.462. The van der Waals surface area contributed by atoms with E-state index in [1.807, 2.05) is 0 Å². The number of hydrogen-bond acceptors (Lipinski definition) is 18. The van der Waals surface area contributed by atoms with Gasteiger partial charge in [0.15, 0.2) is 29.0 Å². The zero-order valence-corrected chi connectivity index (χ0v) is 22.1. The highest BCUT2D eigenvalue weighted by molar-refractivity contribution is 6.22. The van der Waals surface area contributed by atoms with Gasteiger partial charge >= 0.3 is 11.3 Å². The van der Waals surface area contributed by atoms with Crippen LogP contribution in [0, 0.1) is 0 Å². The quantitative estimate of drug-likeness (QED) is 0.0567. The molecule has 10 N–H and O–H groups in total. The summed E-state index contributed by atoms with van der Waals surface area (Å²) in [6, 6.07) is 1.83. The van der Waals surface area contributed by atoms with E-state index in [4.69, 9.17) is 27.8 Å². The molecular weight excluding hydrogens is 600 g/mol. The van der Waals surface area contributed by atoms with E-state index in [1.165, 1.54) is 0 Å². The van der Waals surface area contributed by atoms with Crippen LogP contribution in [0.2, 0.25) is 0 Å². The second kappa shape index (κ2) is 11.0. The summed E-state index contributed by atoms with van der Waals surface area (Å²) in [6.07, 6.45) is -17.3. The summed E-state index contributed by atoms with van der Waals surface area (Å²) in [5, 5.41) is 101. The van der Waals surface area contributed by atoms with Gasteiger partial charge in [-0.05, 0) is 12.1 Å². The lowest BCUT2D eigenvalue weighted by Crippen LogP contribution is -2.62. The molecule has 2 aromatic carbocycles. The average Bonchev–Trinajstić information content (AvgIpc) is 3.00.